The number of aromatic nitrogens is 4. The number of hydrogen-bond acceptors (Lipinski definition) is 9. The van der Waals surface area contributed by atoms with Crippen molar-refractivity contribution in [3.63, 3.8) is 0 Å². The molecule has 28 heavy (non-hydrogen) atoms. The molecule has 1 unspecified atom stereocenters. The van der Waals surface area contributed by atoms with Gasteiger partial charge in [0, 0.05) is 6.54 Å². The summed E-state index contributed by atoms with van der Waals surface area (Å²) in [4.78, 5) is 13.0. The van der Waals surface area contributed by atoms with Crippen LogP contribution < -0.4 is 11.1 Å². The van der Waals surface area contributed by atoms with Crippen LogP contribution >= 0.6 is 0 Å². The van der Waals surface area contributed by atoms with E-state index in [0.717, 1.165) is 18.9 Å². The summed E-state index contributed by atoms with van der Waals surface area (Å²) in [6.07, 6.45) is 4.83. The van der Waals surface area contributed by atoms with Crippen molar-refractivity contribution >= 4 is 22.9 Å². The minimum Gasteiger partial charge on any atom is -0.394 e. The van der Waals surface area contributed by atoms with Crippen LogP contribution in [0.2, 0.25) is 0 Å². The van der Waals surface area contributed by atoms with Crippen LogP contribution in [0.4, 0.5) is 11.8 Å². The molecular weight excluding hydrogens is 364 g/mol. The van der Waals surface area contributed by atoms with E-state index in [1.807, 2.05) is 0 Å². The van der Waals surface area contributed by atoms with E-state index in [-0.39, 0.29) is 5.82 Å². The van der Waals surface area contributed by atoms with E-state index in [4.69, 9.17) is 10.5 Å². The van der Waals surface area contributed by atoms with Gasteiger partial charge in [-0.2, -0.15) is 9.97 Å². The summed E-state index contributed by atoms with van der Waals surface area (Å²) >= 11 is 0. The van der Waals surface area contributed by atoms with Crippen molar-refractivity contribution in [2.24, 2.45) is 5.92 Å². The maximum Gasteiger partial charge on any atom is 0.226 e. The lowest BCUT2D eigenvalue weighted by atomic mass is 9.87. The highest BCUT2D eigenvalue weighted by Crippen LogP contribution is 2.32. The Morgan fingerprint density at radius 1 is 1.18 bits per heavy atom. The maximum atomic E-state index is 10.3. The summed E-state index contributed by atoms with van der Waals surface area (Å²) in [7, 11) is 0. The second-order valence-electron chi connectivity index (χ2n) is 7.70. The highest BCUT2D eigenvalue weighted by Gasteiger charge is 2.44. The fraction of sp³-hybridized carbons (Fsp3) is 0.722. The van der Waals surface area contributed by atoms with Crippen LogP contribution in [-0.2, 0) is 4.74 Å². The number of aliphatic hydroxyl groups excluding tert-OH is 3. The van der Waals surface area contributed by atoms with Crippen LogP contribution in [0.25, 0.3) is 11.2 Å². The van der Waals surface area contributed by atoms with Gasteiger partial charge in [0.05, 0.1) is 12.9 Å². The number of fused-ring (bicyclic) bond motifs is 1. The first-order chi connectivity index (χ1) is 13.6. The van der Waals surface area contributed by atoms with Gasteiger partial charge in [0.2, 0.25) is 5.95 Å². The first-order valence-corrected chi connectivity index (χ1v) is 9.95. The molecule has 0 bridgehead atoms. The van der Waals surface area contributed by atoms with Crippen molar-refractivity contribution < 1.29 is 20.1 Å². The van der Waals surface area contributed by atoms with Crippen LogP contribution in [0.3, 0.4) is 0 Å². The monoisotopic (exact) mass is 392 g/mol. The summed E-state index contributed by atoms with van der Waals surface area (Å²) in [5, 5.41) is 32.8. The highest BCUT2D eigenvalue weighted by molar-refractivity contribution is 5.83. The molecule has 2 fully saturated rings. The summed E-state index contributed by atoms with van der Waals surface area (Å²) in [5.41, 5.74) is 6.84. The Labute approximate surface area is 162 Å². The highest BCUT2D eigenvalue weighted by atomic mass is 16.6. The molecule has 0 spiro atoms. The summed E-state index contributed by atoms with van der Waals surface area (Å²) < 4.78 is 7.10. The number of imidazole rings is 1. The minimum atomic E-state index is -1.21. The summed E-state index contributed by atoms with van der Waals surface area (Å²) in [6.45, 7) is 0.365. The van der Waals surface area contributed by atoms with Crippen molar-refractivity contribution in [2.75, 3.05) is 24.2 Å². The zero-order chi connectivity index (χ0) is 19.7. The van der Waals surface area contributed by atoms with Crippen LogP contribution in [0.1, 0.15) is 44.8 Å². The second-order valence-corrected chi connectivity index (χ2v) is 7.70. The molecule has 1 aliphatic heterocycles. The van der Waals surface area contributed by atoms with Gasteiger partial charge in [-0.1, -0.05) is 32.1 Å². The van der Waals surface area contributed by atoms with E-state index in [1.54, 1.807) is 0 Å². The Bertz CT molecular complexity index is 809. The zero-order valence-corrected chi connectivity index (χ0v) is 15.7. The van der Waals surface area contributed by atoms with Gasteiger partial charge < -0.3 is 31.1 Å². The van der Waals surface area contributed by atoms with Crippen LogP contribution in [0.15, 0.2) is 6.33 Å². The fourth-order valence-electron chi connectivity index (χ4n) is 4.18. The number of nitrogen functional groups attached to an aromatic ring is 1. The molecule has 0 aromatic carbocycles. The molecule has 2 aliphatic rings. The predicted octanol–water partition coefficient (Wildman–Crippen LogP) is 0.402. The molecule has 1 saturated carbocycles. The molecule has 1 saturated heterocycles. The third-order valence-corrected chi connectivity index (χ3v) is 5.80. The standard InChI is InChI=1S/C18H28N6O4/c19-15-12-16(23-18(22-15)20-7-6-10-4-2-1-3-5-10)24(9-21-12)17-14(27)13(26)11(8-25)28-17/h9-11,13-14,17,25-27H,1-8H2,(H3,19,20,22,23)/t11-,13-,14-,17?/m1/s1. The van der Waals surface area contributed by atoms with Gasteiger partial charge in [-0.05, 0) is 12.3 Å². The molecule has 154 valence electrons. The maximum absolute atomic E-state index is 10.3. The van der Waals surface area contributed by atoms with E-state index in [0.29, 0.717) is 17.1 Å². The largest absolute Gasteiger partial charge is 0.394 e. The number of rotatable bonds is 6. The lowest BCUT2D eigenvalue weighted by Crippen LogP contribution is -2.33. The van der Waals surface area contributed by atoms with Crippen molar-refractivity contribution in [3.05, 3.63) is 6.33 Å². The number of nitrogens with zero attached hydrogens (tertiary/aromatic N) is 4. The Morgan fingerprint density at radius 3 is 2.68 bits per heavy atom. The molecule has 0 amide bonds. The summed E-state index contributed by atoms with van der Waals surface area (Å²) in [6, 6.07) is 0. The average molecular weight is 392 g/mol. The van der Waals surface area contributed by atoms with E-state index in [1.165, 1.54) is 43.0 Å². The number of aliphatic hydroxyl groups is 3. The number of hydrogen-bond donors (Lipinski definition) is 5. The lowest BCUT2D eigenvalue weighted by Gasteiger charge is -2.21. The molecule has 4 rings (SSSR count). The van der Waals surface area contributed by atoms with Crippen molar-refractivity contribution in [1.29, 1.82) is 0 Å². The minimum absolute atomic E-state index is 0.232. The van der Waals surface area contributed by atoms with Crippen molar-refractivity contribution in [3.8, 4) is 0 Å². The van der Waals surface area contributed by atoms with Gasteiger partial charge in [0.15, 0.2) is 17.7 Å². The Morgan fingerprint density at radius 2 is 1.96 bits per heavy atom. The molecule has 4 atom stereocenters. The average Bonchev–Trinajstić information content (AvgIpc) is 3.24. The molecule has 6 N–H and O–H groups in total. The Kier molecular flexibility index (Phi) is 5.63. The number of anilines is 2. The van der Waals surface area contributed by atoms with Crippen LogP contribution in [0, 0.1) is 5.92 Å². The third kappa shape index (κ3) is 3.64. The normalized spacial score (nSPS) is 28.8. The first kappa shape index (κ1) is 19.3. The molecule has 10 nitrogen and oxygen atoms in total. The van der Waals surface area contributed by atoms with Gasteiger partial charge in [0.1, 0.15) is 23.8 Å². The SMILES string of the molecule is Nc1nc(NCCC2CCCCC2)nc2c1ncn2C1O[C@H](CO)[C@@H](O)[C@H]1O. The lowest BCUT2D eigenvalue weighted by molar-refractivity contribution is -0.0511. The number of nitrogens with two attached hydrogens (primary N) is 1. The molecule has 10 heteroatoms. The Hall–Kier alpha value is -2.01. The first-order valence-electron chi connectivity index (χ1n) is 9.95. The predicted molar refractivity (Wildman–Crippen MR) is 102 cm³/mol. The summed E-state index contributed by atoms with van der Waals surface area (Å²) in [5.74, 6) is 1.37. The molecule has 2 aromatic heterocycles. The molecular formula is C18H28N6O4. The fourth-order valence-corrected chi connectivity index (χ4v) is 4.18. The second kappa shape index (κ2) is 8.16. The van der Waals surface area contributed by atoms with Crippen LogP contribution in [-0.4, -0.2) is 66.3 Å². The van der Waals surface area contributed by atoms with Gasteiger partial charge in [-0.25, -0.2) is 4.98 Å². The molecule has 3 heterocycles. The van der Waals surface area contributed by atoms with Gasteiger partial charge in [-0.15, -0.1) is 0 Å². The molecule has 1 aliphatic carbocycles. The molecule has 2 aromatic rings. The number of nitrogens with one attached hydrogen (secondary N) is 1. The van der Waals surface area contributed by atoms with E-state index < -0.39 is 31.1 Å². The number of ether oxygens (including phenoxy) is 1. The van der Waals surface area contributed by atoms with Crippen molar-refractivity contribution in [2.45, 2.75) is 63.1 Å². The van der Waals surface area contributed by atoms with Crippen molar-refractivity contribution in [1.82, 2.24) is 19.5 Å². The van der Waals surface area contributed by atoms with E-state index >= 15 is 0 Å². The zero-order valence-electron chi connectivity index (χ0n) is 15.7. The third-order valence-electron chi connectivity index (χ3n) is 5.80. The molecule has 0 radical (unpaired) electrons. The van der Waals surface area contributed by atoms with Gasteiger partial charge in [0.25, 0.3) is 0 Å². The van der Waals surface area contributed by atoms with E-state index in [9.17, 15) is 15.3 Å². The van der Waals surface area contributed by atoms with Gasteiger partial charge in [-0.3, -0.25) is 4.57 Å². The Balaban J connectivity index is 1.51. The van der Waals surface area contributed by atoms with Crippen LogP contribution in [0.5, 0.6) is 0 Å². The van der Waals surface area contributed by atoms with Gasteiger partial charge >= 0.3 is 0 Å². The van der Waals surface area contributed by atoms with E-state index in [2.05, 4.69) is 20.3 Å². The smallest absolute Gasteiger partial charge is 0.226 e. The quantitative estimate of drug-likeness (QED) is 0.470. The topological polar surface area (TPSA) is 152 Å².